The third-order valence-electron chi connectivity index (χ3n) is 3.92. The largest absolute Gasteiger partial charge is 0.435 e. The quantitative estimate of drug-likeness (QED) is 0.615. The third kappa shape index (κ3) is 6.49. The molecule has 8 nitrogen and oxygen atoms in total. The van der Waals surface area contributed by atoms with Crippen molar-refractivity contribution in [2.75, 3.05) is 20.6 Å². The van der Waals surface area contributed by atoms with Gasteiger partial charge in [-0.05, 0) is 35.9 Å². The number of hydrogen-bond acceptors (Lipinski definition) is 5. The van der Waals surface area contributed by atoms with Gasteiger partial charge in [-0.2, -0.15) is 8.78 Å². The molecule has 0 saturated heterocycles. The molecule has 2 rings (SSSR count). The average Bonchev–Trinajstić information content (AvgIpc) is 2.71. The van der Waals surface area contributed by atoms with Crippen LogP contribution in [0.4, 0.5) is 8.78 Å². The second kappa shape index (κ2) is 10.1. The first-order valence-corrected chi connectivity index (χ1v) is 10.1. The molecule has 0 heterocycles. The molecule has 11 heteroatoms. The minimum Gasteiger partial charge on any atom is -0.435 e. The predicted molar refractivity (Wildman–Crippen MR) is 105 cm³/mol. The Morgan fingerprint density at radius 3 is 2.33 bits per heavy atom. The molecule has 0 atom stereocenters. The fourth-order valence-corrected chi connectivity index (χ4v) is 3.27. The fourth-order valence-electron chi connectivity index (χ4n) is 2.32. The number of halogens is 2. The van der Waals surface area contributed by atoms with Crippen molar-refractivity contribution in [3.63, 3.8) is 0 Å². The summed E-state index contributed by atoms with van der Waals surface area (Å²) < 4.78 is 53.8. The van der Waals surface area contributed by atoms with E-state index in [0.29, 0.717) is 5.56 Å². The molecule has 0 fully saturated rings. The van der Waals surface area contributed by atoms with Gasteiger partial charge in [0.05, 0.1) is 11.4 Å². The second-order valence-corrected chi connectivity index (χ2v) is 8.45. The zero-order chi connectivity index (χ0) is 22.3. The van der Waals surface area contributed by atoms with Crippen molar-refractivity contribution < 1.29 is 31.5 Å². The van der Waals surface area contributed by atoms with Crippen molar-refractivity contribution in [3.05, 3.63) is 59.7 Å². The van der Waals surface area contributed by atoms with E-state index in [1.54, 1.807) is 0 Å². The molecule has 2 N–H and O–H groups in total. The minimum absolute atomic E-state index is 0.00542. The Balaban J connectivity index is 1.87. The first-order chi connectivity index (χ1) is 14.1. The SMILES string of the molecule is CN(C)S(=O)(=O)c1cccc(C(=O)NCC(=O)NCc2ccc(OC(F)F)cc2)c1. The molecule has 0 aromatic heterocycles. The summed E-state index contributed by atoms with van der Waals surface area (Å²) in [5.41, 5.74) is 0.748. The van der Waals surface area contributed by atoms with Crippen LogP contribution < -0.4 is 15.4 Å². The van der Waals surface area contributed by atoms with Crippen LogP contribution in [0.5, 0.6) is 5.75 Å². The molecule has 0 aliphatic carbocycles. The maximum Gasteiger partial charge on any atom is 0.387 e. The summed E-state index contributed by atoms with van der Waals surface area (Å²) in [6, 6.07) is 11.2. The third-order valence-corrected chi connectivity index (χ3v) is 5.73. The van der Waals surface area contributed by atoms with Gasteiger partial charge in [-0.1, -0.05) is 18.2 Å². The highest BCUT2D eigenvalue weighted by Gasteiger charge is 2.19. The molecule has 0 aliphatic rings. The highest BCUT2D eigenvalue weighted by atomic mass is 32.2. The van der Waals surface area contributed by atoms with Gasteiger partial charge in [-0.25, -0.2) is 12.7 Å². The van der Waals surface area contributed by atoms with Crippen LogP contribution in [-0.4, -0.2) is 51.8 Å². The van der Waals surface area contributed by atoms with E-state index in [1.165, 1.54) is 62.6 Å². The topological polar surface area (TPSA) is 105 Å². The van der Waals surface area contributed by atoms with Gasteiger partial charge < -0.3 is 15.4 Å². The van der Waals surface area contributed by atoms with Gasteiger partial charge in [0.25, 0.3) is 5.91 Å². The Labute approximate surface area is 172 Å². The van der Waals surface area contributed by atoms with Gasteiger partial charge in [0.2, 0.25) is 15.9 Å². The van der Waals surface area contributed by atoms with Crippen molar-refractivity contribution in [2.45, 2.75) is 18.1 Å². The lowest BCUT2D eigenvalue weighted by molar-refractivity contribution is -0.120. The summed E-state index contributed by atoms with van der Waals surface area (Å²) in [5, 5.41) is 4.98. The summed E-state index contributed by atoms with van der Waals surface area (Å²) in [6.45, 7) is -3.11. The average molecular weight is 441 g/mol. The standard InChI is InChI=1S/C19H21F2N3O5S/c1-24(2)30(27,28)16-5-3-4-14(10-16)18(26)23-12-17(25)22-11-13-6-8-15(9-7-13)29-19(20)21/h3-10,19H,11-12H2,1-2H3,(H,22,25)(H,23,26). The molecule has 2 amide bonds. The molecular formula is C19H21F2N3O5S. The van der Waals surface area contributed by atoms with Crippen LogP contribution in [0.3, 0.4) is 0 Å². The van der Waals surface area contributed by atoms with E-state index in [-0.39, 0.29) is 29.3 Å². The number of carbonyl (C=O) groups excluding carboxylic acids is 2. The van der Waals surface area contributed by atoms with Crippen molar-refractivity contribution in [3.8, 4) is 5.75 Å². The number of sulfonamides is 1. The predicted octanol–water partition coefficient (Wildman–Crippen LogP) is 1.58. The number of ether oxygens (including phenoxy) is 1. The van der Waals surface area contributed by atoms with Gasteiger partial charge in [-0.15, -0.1) is 0 Å². The van der Waals surface area contributed by atoms with Gasteiger partial charge >= 0.3 is 6.61 Å². The van der Waals surface area contributed by atoms with Gasteiger partial charge in [0.15, 0.2) is 0 Å². The van der Waals surface area contributed by atoms with Crippen molar-refractivity contribution in [2.24, 2.45) is 0 Å². The lowest BCUT2D eigenvalue weighted by Crippen LogP contribution is -2.36. The van der Waals surface area contributed by atoms with Crippen LogP contribution in [-0.2, 0) is 21.4 Å². The van der Waals surface area contributed by atoms with Crippen LogP contribution >= 0.6 is 0 Å². The van der Waals surface area contributed by atoms with E-state index in [2.05, 4.69) is 15.4 Å². The van der Waals surface area contributed by atoms with Crippen LogP contribution in [0.1, 0.15) is 15.9 Å². The van der Waals surface area contributed by atoms with E-state index < -0.39 is 28.4 Å². The number of nitrogens with zero attached hydrogens (tertiary/aromatic N) is 1. The lowest BCUT2D eigenvalue weighted by Gasteiger charge is -2.12. The van der Waals surface area contributed by atoms with E-state index in [0.717, 1.165) is 4.31 Å². The molecule has 0 bridgehead atoms. The van der Waals surface area contributed by atoms with Crippen LogP contribution in [0.25, 0.3) is 0 Å². The molecule has 0 spiro atoms. The smallest absolute Gasteiger partial charge is 0.387 e. The van der Waals surface area contributed by atoms with Crippen molar-refractivity contribution >= 4 is 21.8 Å². The molecule has 2 aromatic carbocycles. The van der Waals surface area contributed by atoms with Gasteiger partial charge in [-0.3, -0.25) is 9.59 Å². The monoisotopic (exact) mass is 441 g/mol. The number of hydrogen-bond donors (Lipinski definition) is 2. The Kier molecular flexibility index (Phi) is 7.84. The number of rotatable bonds is 9. The number of nitrogens with one attached hydrogen (secondary N) is 2. The normalized spacial score (nSPS) is 11.4. The molecule has 2 aromatic rings. The number of benzene rings is 2. The Morgan fingerprint density at radius 2 is 1.73 bits per heavy atom. The van der Waals surface area contributed by atoms with E-state index in [9.17, 15) is 26.8 Å². The first-order valence-electron chi connectivity index (χ1n) is 8.71. The molecule has 0 aliphatic heterocycles. The fraction of sp³-hybridized carbons (Fsp3) is 0.263. The zero-order valence-corrected chi connectivity index (χ0v) is 17.1. The van der Waals surface area contributed by atoms with E-state index in [1.807, 2.05) is 0 Å². The second-order valence-electron chi connectivity index (χ2n) is 6.30. The highest BCUT2D eigenvalue weighted by Crippen LogP contribution is 2.15. The van der Waals surface area contributed by atoms with Crippen LogP contribution in [0, 0.1) is 0 Å². The molecular weight excluding hydrogens is 420 g/mol. The van der Waals surface area contributed by atoms with Crippen LogP contribution in [0.2, 0.25) is 0 Å². The summed E-state index contributed by atoms with van der Waals surface area (Å²) in [4.78, 5) is 24.1. The molecule has 0 unspecified atom stereocenters. The number of alkyl halides is 2. The number of carbonyl (C=O) groups is 2. The van der Waals surface area contributed by atoms with Crippen LogP contribution in [0.15, 0.2) is 53.4 Å². The van der Waals surface area contributed by atoms with Gasteiger partial charge in [0, 0.05) is 26.2 Å². The summed E-state index contributed by atoms with van der Waals surface area (Å²) in [6.07, 6.45) is 0. The van der Waals surface area contributed by atoms with Crippen molar-refractivity contribution in [1.82, 2.24) is 14.9 Å². The first kappa shape index (κ1) is 23.2. The van der Waals surface area contributed by atoms with E-state index >= 15 is 0 Å². The molecule has 30 heavy (non-hydrogen) atoms. The Hall–Kier alpha value is -3.05. The van der Waals surface area contributed by atoms with E-state index in [4.69, 9.17) is 0 Å². The zero-order valence-electron chi connectivity index (χ0n) is 16.3. The maximum absolute atomic E-state index is 12.2. The summed E-state index contributed by atoms with van der Waals surface area (Å²) in [7, 11) is -0.928. The molecule has 0 radical (unpaired) electrons. The van der Waals surface area contributed by atoms with Crippen molar-refractivity contribution in [1.29, 1.82) is 0 Å². The highest BCUT2D eigenvalue weighted by molar-refractivity contribution is 7.89. The van der Waals surface area contributed by atoms with Gasteiger partial charge in [0.1, 0.15) is 5.75 Å². The Morgan fingerprint density at radius 1 is 1.07 bits per heavy atom. The molecule has 162 valence electrons. The lowest BCUT2D eigenvalue weighted by atomic mass is 10.2. The number of amides is 2. The summed E-state index contributed by atoms with van der Waals surface area (Å²) in [5.74, 6) is -1.08. The molecule has 0 saturated carbocycles. The summed E-state index contributed by atoms with van der Waals surface area (Å²) >= 11 is 0. The minimum atomic E-state index is -3.69. The Bertz CT molecular complexity index is 995. The maximum atomic E-state index is 12.2.